The van der Waals surface area contributed by atoms with Crippen molar-refractivity contribution >= 4 is 6.29 Å². The van der Waals surface area contributed by atoms with Crippen LogP contribution in [0, 0.1) is 0 Å². The van der Waals surface area contributed by atoms with Crippen LogP contribution in [0.15, 0.2) is 35.3 Å². The molecule has 4 rings (SSSR count). The molecule has 0 radical (unpaired) electrons. The van der Waals surface area contributed by atoms with Gasteiger partial charge in [0.15, 0.2) is 12.0 Å². The highest BCUT2D eigenvalue weighted by Gasteiger charge is 2.36. The lowest BCUT2D eigenvalue weighted by Gasteiger charge is -2.29. The van der Waals surface area contributed by atoms with Crippen molar-refractivity contribution < 1.29 is 14.6 Å². The molecule has 0 aromatic carbocycles. The van der Waals surface area contributed by atoms with E-state index < -0.39 is 0 Å². The predicted octanol–water partition coefficient (Wildman–Crippen LogP) is 3.10. The lowest BCUT2D eigenvalue weighted by Crippen LogP contribution is -2.38. The predicted molar refractivity (Wildman–Crippen MR) is 97.8 cm³/mol. The van der Waals surface area contributed by atoms with Gasteiger partial charge in [-0.1, -0.05) is 0 Å². The van der Waals surface area contributed by atoms with Crippen LogP contribution in [0.1, 0.15) is 55.8 Å². The quantitative estimate of drug-likeness (QED) is 0.764. The van der Waals surface area contributed by atoms with E-state index in [1.165, 1.54) is 48.5 Å². The summed E-state index contributed by atoms with van der Waals surface area (Å²) >= 11 is 0. The fraction of sp³-hybridized carbons (Fsp3) is 0.500. The van der Waals surface area contributed by atoms with Gasteiger partial charge in [0.1, 0.15) is 17.9 Å². The second-order valence-corrected chi connectivity index (χ2v) is 7.34. The second-order valence-electron chi connectivity index (χ2n) is 7.34. The zero-order valence-corrected chi connectivity index (χ0v) is 15.1. The maximum Gasteiger partial charge on any atom is 0.157 e. The van der Waals surface area contributed by atoms with Gasteiger partial charge in [0, 0.05) is 12.1 Å². The van der Waals surface area contributed by atoms with Crippen LogP contribution in [-0.4, -0.2) is 40.1 Å². The molecule has 0 bridgehead atoms. The third kappa shape index (κ3) is 3.33. The Balaban J connectivity index is 1.58. The van der Waals surface area contributed by atoms with E-state index in [9.17, 15) is 9.90 Å². The van der Waals surface area contributed by atoms with Gasteiger partial charge >= 0.3 is 0 Å². The zero-order valence-electron chi connectivity index (χ0n) is 15.1. The first-order valence-corrected chi connectivity index (χ1v) is 9.41. The maximum absolute atomic E-state index is 11.2. The summed E-state index contributed by atoms with van der Waals surface area (Å²) in [6, 6.07) is 0.957. The first-order valence-electron chi connectivity index (χ1n) is 9.41. The first-order chi connectivity index (χ1) is 12.7. The Morgan fingerprint density at radius 1 is 1.35 bits per heavy atom. The Labute approximate surface area is 153 Å². The summed E-state index contributed by atoms with van der Waals surface area (Å²) in [5, 5.41) is 12.1. The van der Waals surface area contributed by atoms with E-state index in [4.69, 9.17) is 4.74 Å². The van der Waals surface area contributed by atoms with E-state index >= 15 is 0 Å². The summed E-state index contributed by atoms with van der Waals surface area (Å²) in [5.41, 5.74) is 7.69. The molecule has 138 valence electrons. The van der Waals surface area contributed by atoms with Crippen molar-refractivity contribution in [1.82, 2.24) is 15.4 Å². The second kappa shape index (κ2) is 7.11. The highest BCUT2D eigenvalue weighted by molar-refractivity contribution is 5.82. The van der Waals surface area contributed by atoms with Crippen LogP contribution in [0.2, 0.25) is 0 Å². The molecule has 1 aromatic heterocycles. The molecular formula is C20H25N3O3. The van der Waals surface area contributed by atoms with Crippen molar-refractivity contribution in [2.75, 3.05) is 6.61 Å². The topological polar surface area (TPSA) is 74.7 Å². The van der Waals surface area contributed by atoms with Crippen LogP contribution in [-0.2, 0) is 0 Å². The number of aromatic hydroxyl groups is 1. The van der Waals surface area contributed by atoms with Crippen LogP contribution in [0.3, 0.4) is 0 Å². The number of rotatable bonds is 6. The largest absolute Gasteiger partial charge is 0.505 e. The van der Waals surface area contributed by atoms with Crippen LogP contribution in [0.5, 0.6) is 11.5 Å². The number of hydrazine groups is 1. The number of pyridine rings is 1. The molecule has 2 N–H and O–H groups in total. The van der Waals surface area contributed by atoms with Gasteiger partial charge in [-0.05, 0) is 62.7 Å². The number of nitrogens with one attached hydrogen (secondary N) is 1. The average molecular weight is 355 g/mol. The maximum atomic E-state index is 11.2. The number of nitrogens with zero attached hydrogens (tertiary/aromatic N) is 2. The summed E-state index contributed by atoms with van der Waals surface area (Å²) in [5.74, 6) is 0.190. The Morgan fingerprint density at radius 2 is 2.15 bits per heavy atom. The molecule has 6 nitrogen and oxygen atoms in total. The van der Waals surface area contributed by atoms with Crippen molar-refractivity contribution in [2.45, 2.75) is 57.5 Å². The highest BCUT2D eigenvalue weighted by atomic mass is 16.5. The fourth-order valence-corrected chi connectivity index (χ4v) is 3.80. The lowest BCUT2D eigenvalue weighted by atomic mass is 9.89. The molecule has 26 heavy (non-hydrogen) atoms. The molecule has 1 fully saturated rings. The monoisotopic (exact) mass is 355 g/mol. The summed E-state index contributed by atoms with van der Waals surface area (Å²) in [4.78, 5) is 15.2. The Morgan fingerprint density at radius 3 is 2.92 bits per heavy atom. The zero-order chi connectivity index (χ0) is 18.1. The van der Waals surface area contributed by atoms with Gasteiger partial charge in [-0.25, -0.2) is 5.43 Å². The minimum Gasteiger partial charge on any atom is -0.505 e. The number of allylic oxidation sites excluding steroid dienone is 1. The van der Waals surface area contributed by atoms with Gasteiger partial charge in [-0.15, -0.1) is 0 Å². The number of carbonyl (C=O) groups excluding carboxylic acids is 1. The number of aldehydes is 1. The molecule has 1 atom stereocenters. The normalized spacial score (nSPS) is 23.2. The SMILES string of the molecule is CC1C=C(C2=C(COc3cncc(O)c3C=O)CCCC2)N(C2CC2)N1. The third-order valence-electron chi connectivity index (χ3n) is 5.26. The van der Waals surface area contributed by atoms with Gasteiger partial charge in [-0.2, -0.15) is 0 Å². The minimum absolute atomic E-state index is 0.146. The van der Waals surface area contributed by atoms with Crippen LogP contribution >= 0.6 is 0 Å². The average Bonchev–Trinajstić information content (AvgIpc) is 3.42. The van der Waals surface area contributed by atoms with E-state index in [-0.39, 0.29) is 11.3 Å². The Hall–Kier alpha value is -2.34. The molecule has 1 aromatic rings. The van der Waals surface area contributed by atoms with E-state index in [2.05, 4.69) is 28.4 Å². The van der Waals surface area contributed by atoms with Gasteiger partial charge in [-0.3, -0.25) is 9.78 Å². The molecule has 0 amide bonds. The minimum atomic E-state index is -0.146. The standard InChI is InChI=1S/C20H25N3O3/c1-13-8-18(23(22-13)15-6-7-15)16-5-3-2-4-14(16)12-26-20-10-21-9-19(25)17(20)11-24/h8-11,13,15,22,25H,2-7,12H2,1H3. The highest BCUT2D eigenvalue weighted by Crippen LogP contribution is 2.39. The van der Waals surface area contributed by atoms with Crippen molar-refractivity contribution in [3.05, 3.63) is 40.9 Å². The number of hydrogen-bond donors (Lipinski definition) is 2. The Kier molecular flexibility index (Phi) is 4.68. The van der Waals surface area contributed by atoms with Crippen molar-refractivity contribution in [3.63, 3.8) is 0 Å². The number of aromatic nitrogens is 1. The molecular weight excluding hydrogens is 330 g/mol. The van der Waals surface area contributed by atoms with Crippen LogP contribution < -0.4 is 10.2 Å². The summed E-state index contributed by atoms with van der Waals surface area (Å²) in [6.45, 7) is 2.60. The van der Waals surface area contributed by atoms with E-state index in [0.29, 0.717) is 30.7 Å². The molecule has 0 spiro atoms. The number of carbonyl (C=O) groups is 1. The van der Waals surface area contributed by atoms with Gasteiger partial charge in [0.25, 0.3) is 0 Å². The molecule has 3 aliphatic rings. The van der Waals surface area contributed by atoms with E-state index in [1.54, 1.807) is 0 Å². The van der Waals surface area contributed by atoms with Crippen molar-refractivity contribution in [1.29, 1.82) is 0 Å². The molecule has 1 unspecified atom stereocenters. The fourth-order valence-electron chi connectivity index (χ4n) is 3.80. The first kappa shape index (κ1) is 17.1. The van der Waals surface area contributed by atoms with Gasteiger partial charge in [0.05, 0.1) is 18.1 Å². The Bertz CT molecular complexity index is 768. The van der Waals surface area contributed by atoms with Gasteiger partial charge < -0.3 is 14.9 Å². The van der Waals surface area contributed by atoms with Crippen molar-refractivity contribution in [3.8, 4) is 11.5 Å². The smallest absolute Gasteiger partial charge is 0.157 e. The molecule has 2 heterocycles. The molecule has 1 saturated carbocycles. The summed E-state index contributed by atoms with van der Waals surface area (Å²) in [6.07, 6.45) is 12.6. The number of ether oxygens (including phenoxy) is 1. The molecule has 6 heteroatoms. The van der Waals surface area contributed by atoms with Crippen LogP contribution in [0.25, 0.3) is 0 Å². The van der Waals surface area contributed by atoms with E-state index in [1.807, 2.05) is 0 Å². The summed E-state index contributed by atoms with van der Waals surface area (Å²) < 4.78 is 5.90. The lowest BCUT2D eigenvalue weighted by molar-refractivity contribution is 0.111. The molecule has 0 saturated heterocycles. The number of hydrogen-bond acceptors (Lipinski definition) is 6. The summed E-state index contributed by atoms with van der Waals surface area (Å²) in [7, 11) is 0. The van der Waals surface area contributed by atoms with Crippen molar-refractivity contribution in [2.24, 2.45) is 0 Å². The third-order valence-corrected chi connectivity index (χ3v) is 5.26. The van der Waals surface area contributed by atoms with E-state index in [0.717, 1.165) is 19.3 Å². The van der Waals surface area contributed by atoms with Gasteiger partial charge in [0.2, 0.25) is 0 Å². The molecule has 2 aliphatic carbocycles. The van der Waals surface area contributed by atoms with Crippen LogP contribution in [0.4, 0.5) is 0 Å². The molecule has 1 aliphatic heterocycles.